The first-order valence-electron chi connectivity index (χ1n) is 4.56. The molecule has 0 spiro atoms. The Kier molecular flexibility index (Phi) is 3.49. The van der Waals surface area contributed by atoms with Gasteiger partial charge in [0.2, 0.25) is 5.91 Å². The van der Waals surface area contributed by atoms with Crippen LogP contribution in [0.15, 0.2) is 0 Å². The predicted octanol–water partition coefficient (Wildman–Crippen LogP) is -1.08. The van der Waals surface area contributed by atoms with Crippen LogP contribution in [-0.4, -0.2) is 43.6 Å². The van der Waals surface area contributed by atoms with Crippen molar-refractivity contribution < 1.29 is 18.3 Å². The number of nitrogens with one attached hydrogen (secondary N) is 1. The number of aliphatic hydroxyl groups excluding tert-OH is 1. The van der Waals surface area contributed by atoms with Gasteiger partial charge in [-0.3, -0.25) is 4.79 Å². The van der Waals surface area contributed by atoms with E-state index in [-0.39, 0.29) is 30.1 Å². The minimum absolute atomic E-state index is 0.0585. The fraction of sp³-hybridized carbons (Fsp3) is 0.875. The number of sulfone groups is 1. The van der Waals surface area contributed by atoms with Crippen molar-refractivity contribution in [2.45, 2.75) is 19.4 Å². The fourth-order valence-electron chi connectivity index (χ4n) is 1.41. The molecule has 1 amide bonds. The van der Waals surface area contributed by atoms with Crippen molar-refractivity contribution in [3.8, 4) is 0 Å². The predicted molar refractivity (Wildman–Crippen MR) is 51.5 cm³/mol. The molecule has 0 aromatic heterocycles. The van der Waals surface area contributed by atoms with Crippen molar-refractivity contribution >= 4 is 15.7 Å². The zero-order valence-electron chi connectivity index (χ0n) is 8.06. The molecule has 2 atom stereocenters. The van der Waals surface area contributed by atoms with Crippen molar-refractivity contribution in [1.82, 2.24) is 5.32 Å². The Morgan fingerprint density at radius 2 is 2.29 bits per heavy atom. The van der Waals surface area contributed by atoms with Gasteiger partial charge in [-0.1, -0.05) is 0 Å². The molecule has 82 valence electrons. The van der Waals surface area contributed by atoms with Crippen molar-refractivity contribution in [1.29, 1.82) is 0 Å². The van der Waals surface area contributed by atoms with E-state index in [1.807, 2.05) is 0 Å². The molecule has 1 unspecified atom stereocenters. The maximum absolute atomic E-state index is 11.4. The van der Waals surface area contributed by atoms with Crippen LogP contribution in [0.25, 0.3) is 0 Å². The van der Waals surface area contributed by atoms with E-state index in [0.29, 0.717) is 6.42 Å². The van der Waals surface area contributed by atoms with Crippen LogP contribution in [0.2, 0.25) is 0 Å². The van der Waals surface area contributed by atoms with Gasteiger partial charge in [-0.15, -0.1) is 0 Å². The Morgan fingerprint density at radius 3 is 2.71 bits per heavy atom. The summed E-state index contributed by atoms with van der Waals surface area (Å²) < 4.78 is 22.1. The van der Waals surface area contributed by atoms with Gasteiger partial charge in [0.1, 0.15) is 0 Å². The second kappa shape index (κ2) is 4.27. The first-order chi connectivity index (χ1) is 6.44. The van der Waals surface area contributed by atoms with Crippen LogP contribution in [0.4, 0.5) is 0 Å². The van der Waals surface area contributed by atoms with E-state index in [2.05, 4.69) is 5.32 Å². The van der Waals surface area contributed by atoms with Crippen molar-refractivity contribution in [3.63, 3.8) is 0 Å². The van der Waals surface area contributed by atoms with E-state index in [1.165, 1.54) is 0 Å². The number of hydrogen-bond acceptors (Lipinski definition) is 4. The molecule has 1 saturated heterocycles. The Bertz CT molecular complexity index is 311. The zero-order chi connectivity index (χ0) is 10.8. The maximum atomic E-state index is 11.4. The summed E-state index contributed by atoms with van der Waals surface area (Å²) >= 11 is 0. The van der Waals surface area contributed by atoms with Crippen molar-refractivity contribution in [3.05, 3.63) is 0 Å². The zero-order valence-corrected chi connectivity index (χ0v) is 8.88. The molecule has 1 rings (SSSR count). The van der Waals surface area contributed by atoms with Gasteiger partial charge in [-0.2, -0.15) is 0 Å². The Hall–Kier alpha value is -0.620. The molecule has 1 heterocycles. The number of hydrogen-bond donors (Lipinski definition) is 2. The SMILES string of the molecule is C[C@H](CO)NC(=O)C1CCS(=O)(=O)C1. The smallest absolute Gasteiger partial charge is 0.224 e. The molecule has 14 heavy (non-hydrogen) atoms. The number of carbonyl (C=O) groups excluding carboxylic acids is 1. The summed E-state index contributed by atoms with van der Waals surface area (Å²) in [4.78, 5) is 11.4. The molecule has 0 aliphatic carbocycles. The Morgan fingerprint density at radius 1 is 1.64 bits per heavy atom. The molecule has 6 heteroatoms. The summed E-state index contributed by atoms with van der Waals surface area (Å²) in [5.74, 6) is -0.670. The second-order valence-corrected chi connectivity index (χ2v) is 5.92. The van der Waals surface area contributed by atoms with Crippen molar-refractivity contribution in [2.75, 3.05) is 18.1 Å². The highest BCUT2D eigenvalue weighted by Gasteiger charge is 2.33. The van der Waals surface area contributed by atoms with Crippen LogP contribution in [-0.2, 0) is 14.6 Å². The highest BCUT2D eigenvalue weighted by molar-refractivity contribution is 7.91. The molecule has 0 saturated carbocycles. The first kappa shape index (κ1) is 11.5. The molecule has 0 bridgehead atoms. The fourth-order valence-corrected chi connectivity index (χ4v) is 3.15. The van der Waals surface area contributed by atoms with Crippen LogP contribution in [0.1, 0.15) is 13.3 Å². The molecule has 0 radical (unpaired) electrons. The average molecular weight is 221 g/mol. The molecule has 0 aromatic carbocycles. The van der Waals surface area contributed by atoms with Crippen molar-refractivity contribution in [2.24, 2.45) is 5.92 Å². The molecule has 0 aromatic rings. The lowest BCUT2D eigenvalue weighted by Gasteiger charge is -2.13. The topological polar surface area (TPSA) is 83.5 Å². The van der Waals surface area contributed by atoms with Gasteiger partial charge in [0.25, 0.3) is 0 Å². The van der Waals surface area contributed by atoms with Crippen LogP contribution in [0, 0.1) is 5.92 Å². The third kappa shape index (κ3) is 2.95. The number of carbonyl (C=O) groups is 1. The lowest BCUT2D eigenvalue weighted by atomic mass is 10.1. The van der Waals surface area contributed by atoms with Gasteiger partial charge in [0.15, 0.2) is 9.84 Å². The molecular weight excluding hydrogens is 206 g/mol. The first-order valence-corrected chi connectivity index (χ1v) is 6.38. The van der Waals surface area contributed by atoms with Gasteiger partial charge < -0.3 is 10.4 Å². The monoisotopic (exact) mass is 221 g/mol. The number of amides is 1. The van der Waals surface area contributed by atoms with E-state index in [9.17, 15) is 13.2 Å². The maximum Gasteiger partial charge on any atom is 0.224 e. The van der Waals surface area contributed by atoms with Crippen LogP contribution in [0.3, 0.4) is 0 Å². The van der Waals surface area contributed by atoms with Crippen LogP contribution < -0.4 is 5.32 Å². The van der Waals surface area contributed by atoms with Gasteiger partial charge in [-0.05, 0) is 13.3 Å². The highest BCUT2D eigenvalue weighted by Crippen LogP contribution is 2.18. The lowest BCUT2D eigenvalue weighted by molar-refractivity contribution is -0.125. The quantitative estimate of drug-likeness (QED) is 0.635. The third-order valence-electron chi connectivity index (χ3n) is 2.27. The summed E-state index contributed by atoms with van der Waals surface area (Å²) in [5.41, 5.74) is 0. The normalized spacial score (nSPS) is 27.1. The molecule has 5 nitrogen and oxygen atoms in total. The molecular formula is C8H15NO4S. The van der Waals surface area contributed by atoms with Gasteiger partial charge >= 0.3 is 0 Å². The van der Waals surface area contributed by atoms with E-state index >= 15 is 0 Å². The van der Waals surface area contributed by atoms with Gasteiger partial charge in [0, 0.05) is 6.04 Å². The Labute approximate surface area is 83.4 Å². The second-order valence-electron chi connectivity index (χ2n) is 3.69. The van der Waals surface area contributed by atoms with Crippen LogP contribution in [0.5, 0.6) is 0 Å². The minimum atomic E-state index is -3.01. The summed E-state index contributed by atoms with van der Waals surface area (Å²) in [7, 11) is -3.01. The minimum Gasteiger partial charge on any atom is -0.394 e. The third-order valence-corrected chi connectivity index (χ3v) is 4.03. The lowest BCUT2D eigenvalue weighted by Crippen LogP contribution is -2.39. The number of rotatable bonds is 3. The molecule has 1 aliphatic heterocycles. The molecule has 1 aliphatic rings. The standard InChI is InChI=1S/C8H15NO4S/c1-6(4-10)9-8(11)7-2-3-14(12,13)5-7/h6-7,10H,2-5H2,1H3,(H,9,11)/t6-,7?/m1/s1. The average Bonchev–Trinajstić information content (AvgIpc) is 2.46. The number of aliphatic hydroxyl groups is 1. The highest BCUT2D eigenvalue weighted by atomic mass is 32.2. The summed E-state index contributed by atoms with van der Waals surface area (Å²) in [6.45, 7) is 1.53. The molecule has 2 N–H and O–H groups in total. The largest absolute Gasteiger partial charge is 0.394 e. The van der Waals surface area contributed by atoms with E-state index in [4.69, 9.17) is 5.11 Å². The summed E-state index contributed by atoms with van der Waals surface area (Å²) in [5, 5.41) is 11.3. The van der Waals surface area contributed by atoms with E-state index in [0.717, 1.165) is 0 Å². The summed E-state index contributed by atoms with van der Waals surface area (Å²) in [6.07, 6.45) is 0.395. The van der Waals surface area contributed by atoms with Crippen LogP contribution >= 0.6 is 0 Å². The summed E-state index contributed by atoms with van der Waals surface area (Å²) in [6, 6.07) is -0.314. The Balaban J connectivity index is 2.48. The van der Waals surface area contributed by atoms with Gasteiger partial charge in [0.05, 0.1) is 24.0 Å². The molecule has 1 fully saturated rings. The van der Waals surface area contributed by atoms with Gasteiger partial charge in [-0.25, -0.2) is 8.42 Å². The van der Waals surface area contributed by atoms with E-state index < -0.39 is 15.8 Å². The van der Waals surface area contributed by atoms with E-state index in [1.54, 1.807) is 6.92 Å².